The van der Waals surface area contributed by atoms with Crippen LogP contribution < -0.4 is 5.32 Å². The van der Waals surface area contributed by atoms with Gasteiger partial charge < -0.3 is 19.7 Å². The van der Waals surface area contributed by atoms with Gasteiger partial charge in [0.1, 0.15) is 11.6 Å². The summed E-state index contributed by atoms with van der Waals surface area (Å²) >= 11 is 0. The number of carbonyl (C=O) groups is 3. The topological polar surface area (TPSA) is 111 Å². The smallest absolute Gasteiger partial charge is 0.308 e. The highest BCUT2D eigenvalue weighted by Gasteiger charge is 2.25. The molecule has 0 saturated heterocycles. The lowest BCUT2D eigenvalue weighted by Crippen LogP contribution is -2.27. The van der Waals surface area contributed by atoms with E-state index in [-0.39, 0.29) is 49.2 Å². The number of nitrogens with one attached hydrogen (secondary N) is 1. The van der Waals surface area contributed by atoms with E-state index in [4.69, 9.17) is 0 Å². The molecule has 0 fully saturated rings. The van der Waals surface area contributed by atoms with Crippen LogP contribution in [0.3, 0.4) is 0 Å². The van der Waals surface area contributed by atoms with E-state index in [1.54, 1.807) is 16.7 Å². The van der Waals surface area contributed by atoms with Gasteiger partial charge in [0.25, 0.3) is 5.91 Å². The molecule has 0 unspecified atom stereocenters. The number of esters is 1. The van der Waals surface area contributed by atoms with Crippen LogP contribution in [0.15, 0.2) is 54.6 Å². The van der Waals surface area contributed by atoms with Crippen LogP contribution in [0, 0.1) is 5.82 Å². The van der Waals surface area contributed by atoms with Gasteiger partial charge in [-0.2, -0.15) is 0 Å². The van der Waals surface area contributed by atoms with E-state index >= 15 is 0 Å². The highest BCUT2D eigenvalue weighted by Crippen LogP contribution is 2.29. The molecule has 2 aromatic carbocycles. The molecule has 8 nitrogen and oxygen atoms in total. The number of benzene rings is 2. The number of nitrogens with zero attached hydrogens (tertiary/aromatic N) is 2. The Morgan fingerprint density at radius 2 is 1.73 bits per heavy atom. The lowest BCUT2D eigenvalue weighted by molar-refractivity contribution is -0.143. The number of rotatable bonds is 12. The van der Waals surface area contributed by atoms with E-state index in [9.17, 15) is 23.9 Å². The quantitative estimate of drug-likeness (QED) is 0.357. The Kier molecular flexibility index (Phi) is 9.68. The molecule has 2 N–H and O–H groups in total. The van der Waals surface area contributed by atoms with Crippen LogP contribution >= 0.6 is 0 Å². The third-order valence-corrected chi connectivity index (χ3v) is 5.88. The molecule has 0 bridgehead atoms. The van der Waals surface area contributed by atoms with Crippen molar-refractivity contribution in [2.45, 2.75) is 58.2 Å². The first kappa shape index (κ1) is 27.7. The first-order valence-electron chi connectivity index (χ1n) is 12.1. The molecule has 37 heavy (non-hydrogen) atoms. The molecule has 0 aliphatic rings. The van der Waals surface area contributed by atoms with E-state index < -0.39 is 17.9 Å². The number of ether oxygens (including phenoxy) is 1. The van der Waals surface area contributed by atoms with Gasteiger partial charge in [-0.1, -0.05) is 30.3 Å². The van der Waals surface area contributed by atoms with Crippen LogP contribution in [0.4, 0.5) is 4.39 Å². The number of amides is 1. The summed E-state index contributed by atoms with van der Waals surface area (Å²) in [6, 6.07) is 15.1. The summed E-state index contributed by atoms with van der Waals surface area (Å²) in [5.74, 6) is -1.41. The molecule has 0 aliphatic heterocycles. The van der Waals surface area contributed by atoms with Gasteiger partial charge in [-0.3, -0.25) is 14.4 Å². The zero-order valence-electron chi connectivity index (χ0n) is 21.2. The highest BCUT2D eigenvalue weighted by molar-refractivity contribution is 5.92. The minimum Gasteiger partial charge on any atom is -0.469 e. The summed E-state index contributed by atoms with van der Waals surface area (Å²) in [6.45, 7) is 4.15. The van der Waals surface area contributed by atoms with Crippen molar-refractivity contribution in [1.29, 1.82) is 0 Å². The molecule has 0 spiro atoms. The average Bonchev–Trinajstić information content (AvgIpc) is 3.27. The number of methoxy groups -OCH3 is 1. The molecule has 1 heterocycles. The first-order valence-corrected chi connectivity index (χ1v) is 12.1. The van der Waals surface area contributed by atoms with Gasteiger partial charge in [0, 0.05) is 36.7 Å². The summed E-state index contributed by atoms with van der Waals surface area (Å²) in [4.78, 5) is 41.8. The van der Waals surface area contributed by atoms with Crippen molar-refractivity contribution in [1.82, 2.24) is 14.9 Å². The number of aliphatic hydroxyl groups excluding tert-OH is 1. The zero-order valence-corrected chi connectivity index (χ0v) is 21.2. The van der Waals surface area contributed by atoms with Gasteiger partial charge in [0.15, 0.2) is 5.82 Å². The maximum Gasteiger partial charge on any atom is 0.308 e. The van der Waals surface area contributed by atoms with E-state index in [0.29, 0.717) is 23.5 Å². The molecule has 1 amide bonds. The number of hydrogen-bond acceptors (Lipinski definition) is 6. The zero-order chi connectivity index (χ0) is 26.9. The molecule has 1 atom stereocenters. The van der Waals surface area contributed by atoms with Gasteiger partial charge in [0.05, 0.1) is 25.3 Å². The number of ketones is 1. The number of aliphatic hydroxyl groups is 1. The van der Waals surface area contributed by atoms with Gasteiger partial charge in [-0.25, -0.2) is 9.37 Å². The van der Waals surface area contributed by atoms with Crippen molar-refractivity contribution in [3.05, 3.63) is 77.5 Å². The van der Waals surface area contributed by atoms with Gasteiger partial charge in [-0.05, 0) is 50.1 Å². The third-order valence-electron chi connectivity index (χ3n) is 5.88. The van der Waals surface area contributed by atoms with Crippen LogP contribution in [-0.4, -0.2) is 45.5 Å². The molecular weight excluding hydrogens is 477 g/mol. The fourth-order valence-electron chi connectivity index (χ4n) is 4.09. The predicted octanol–water partition coefficient (Wildman–Crippen LogP) is 4.02. The van der Waals surface area contributed by atoms with Crippen LogP contribution in [0.1, 0.15) is 61.0 Å². The van der Waals surface area contributed by atoms with E-state index in [1.165, 1.54) is 19.2 Å². The molecule has 0 saturated carbocycles. The monoisotopic (exact) mass is 509 g/mol. The lowest BCUT2D eigenvalue weighted by atomic mass is 10.0. The number of halogens is 1. The Bertz CT molecular complexity index is 1220. The van der Waals surface area contributed by atoms with Crippen molar-refractivity contribution in [3.63, 3.8) is 0 Å². The van der Waals surface area contributed by atoms with Crippen LogP contribution in [-0.2, 0) is 27.3 Å². The highest BCUT2D eigenvalue weighted by atomic mass is 19.1. The number of Topliss-reactive ketones (excluding diaryl/α,β-unsaturated/α-hetero) is 1. The third kappa shape index (κ3) is 7.57. The van der Waals surface area contributed by atoms with Crippen molar-refractivity contribution < 1.29 is 28.6 Å². The lowest BCUT2D eigenvalue weighted by Gasteiger charge is -2.16. The second kappa shape index (κ2) is 12.9. The minimum absolute atomic E-state index is 0.0654. The minimum atomic E-state index is -1.13. The van der Waals surface area contributed by atoms with Gasteiger partial charge >= 0.3 is 5.97 Å². The molecule has 196 valence electrons. The molecule has 1 aromatic heterocycles. The largest absolute Gasteiger partial charge is 0.469 e. The molecule has 3 rings (SSSR count). The maximum absolute atomic E-state index is 13.6. The van der Waals surface area contributed by atoms with E-state index in [0.717, 1.165) is 5.56 Å². The summed E-state index contributed by atoms with van der Waals surface area (Å²) in [5, 5.41) is 12.9. The van der Waals surface area contributed by atoms with Crippen molar-refractivity contribution in [3.8, 4) is 11.3 Å². The fraction of sp³-hybridized carbons (Fsp3) is 0.357. The Balaban J connectivity index is 1.88. The standard InChI is InChI=1S/C28H32FN3O5/c1-18(2)32-24(14-13-22(33)15-23(34)16-25(35)37-3)26(20-9-11-21(29)12-10-20)31-27(32)28(36)30-17-19-7-5-4-6-8-19/h4-12,18,23,34H,13-17H2,1-3H3,(H,30,36)/t23-/m1/s1. The summed E-state index contributed by atoms with van der Waals surface area (Å²) < 4.78 is 19.9. The fourth-order valence-corrected chi connectivity index (χ4v) is 4.09. The van der Waals surface area contributed by atoms with E-state index in [2.05, 4.69) is 15.0 Å². The second-order valence-corrected chi connectivity index (χ2v) is 9.05. The number of imidazole rings is 1. The second-order valence-electron chi connectivity index (χ2n) is 9.05. The van der Waals surface area contributed by atoms with Gasteiger partial charge in [0.2, 0.25) is 0 Å². The Morgan fingerprint density at radius 1 is 1.05 bits per heavy atom. The van der Waals surface area contributed by atoms with E-state index in [1.807, 2.05) is 44.2 Å². The van der Waals surface area contributed by atoms with Crippen molar-refractivity contribution in [2.24, 2.45) is 0 Å². The normalized spacial score (nSPS) is 11.8. The summed E-state index contributed by atoms with van der Waals surface area (Å²) in [6.07, 6.45) is -1.28. The van der Waals surface area contributed by atoms with Crippen molar-refractivity contribution >= 4 is 17.7 Å². The molecule has 0 radical (unpaired) electrons. The Morgan fingerprint density at radius 3 is 2.35 bits per heavy atom. The number of carbonyl (C=O) groups excluding carboxylic acids is 3. The average molecular weight is 510 g/mol. The van der Waals surface area contributed by atoms with Crippen LogP contribution in [0.25, 0.3) is 11.3 Å². The molecule has 9 heteroatoms. The first-order chi connectivity index (χ1) is 17.7. The molecule has 3 aromatic rings. The SMILES string of the molecule is COC(=O)C[C@H](O)CC(=O)CCc1c(-c2ccc(F)cc2)nc(C(=O)NCc2ccccc2)n1C(C)C. The van der Waals surface area contributed by atoms with Crippen LogP contribution in [0.5, 0.6) is 0 Å². The number of aromatic nitrogens is 2. The maximum atomic E-state index is 13.6. The van der Waals surface area contributed by atoms with Gasteiger partial charge in [-0.15, -0.1) is 0 Å². The number of hydrogen-bond donors (Lipinski definition) is 2. The summed E-state index contributed by atoms with van der Waals surface area (Å²) in [5.41, 5.74) is 2.70. The predicted molar refractivity (Wildman–Crippen MR) is 136 cm³/mol. The summed E-state index contributed by atoms with van der Waals surface area (Å²) in [7, 11) is 1.22. The molecular formula is C28H32FN3O5. The Hall–Kier alpha value is -3.85. The Labute approximate surface area is 215 Å². The molecule has 0 aliphatic carbocycles. The van der Waals surface area contributed by atoms with Crippen molar-refractivity contribution in [2.75, 3.05) is 7.11 Å². The van der Waals surface area contributed by atoms with Crippen LogP contribution in [0.2, 0.25) is 0 Å².